The van der Waals surface area contributed by atoms with E-state index < -0.39 is 52.4 Å². The number of hydrogen-bond donors (Lipinski definition) is 0. The van der Waals surface area contributed by atoms with Gasteiger partial charge in [0.15, 0.2) is 6.29 Å². The summed E-state index contributed by atoms with van der Waals surface area (Å²) in [6.45, 7) is 3.39. The maximum Gasteiger partial charge on any atom is 0.422 e. The van der Waals surface area contributed by atoms with Gasteiger partial charge in [-0.25, -0.2) is 17.6 Å². The van der Waals surface area contributed by atoms with E-state index in [2.05, 4.69) is 6.92 Å². The van der Waals surface area contributed by atoms with Crippen molar-refractivity contribution in [3.63, 3.8) is 0 Å². The molecular weight excluding hydrogens is 489 g/mol. The first-order valence-electron chi connectivity index (χ1n) is 12.3. The molecule has 1 aliphatic carbocycles. The van der Waals surface area contributed by atoms with Crippen LogP contribution in [0.3, 0.4) is 0 Å². The zero-order valence-electron chi connectivity index (χ0n) is 19.9. The highest BCUT2D eigenvalue weighted by Crippen LogP contribution is 2.38. The molecule has 0 atom stereocenters. The summed E-state index contributed by atoms with van der Waals surface area (Å²) < 4.78 is 107. The molecule has 0 N–H and O–H groups in total. The third-order valence-corrected chi connectivity index (χ3v) is 7.51. The second-order valence-electron chi connectivity index (χ2n) is 9.83. The van der Waals surface area contributed by atoms with E-state index in [0.29, 0.717) is 31.5 Å². The molecule has 0 spiro atoms. The van der Waals surface area contributed by atoms with Crippen molar-refractivity contribution in [3.05, 3.63) is 58.7 Å². The minimum Gasteiger partial charge on any atom is -0.352 e. The summed E-state index contributed by atoms with van der Waals surface area (Å²) in [6.07, 6.45) is 0.851. The van der Waals surface area contributed by atoms with Crippen LogP contribution in [0.1, 0.15) is 56.6 Å². The Labute approximate surface area is 205 Å². The second-order valence-corrected chi connectivity index (χ2v) is 9.83. The van der Waals surface area contributed by atoms with Gasteiger partial charge in [-0.2, -0.15) is 13.2 Å². The van der Waals surface area contributed by atoms with Gasteiger partial charge in [-0.05, 0) is 66.5 Å². The van der Waals surface area contributed by atoms with Crippen molar-refractivity contribution in [2.75, 3.05) is 13.2 Å². The minimum atomic E-state index is -5.27. The van der Waals surface area contributed by atoms with Gasteiger partial charge in [0.1, 0.15) is 28.8 Å². The van der Waals surface area contributed by atoms with Gasteiger partial charge in [-0.3, -0.25) is 0 Å². The molecule has 0 aromatic heterocycles. The highest BCUT2D eigenvalue weighted by Gasteiger charge is 2.38. The van der Waals surface area contributed by atoms with E-state index in [4.69, 9.17) is 9.47 Å². The summed E-state index contributed by atoms with van der Waals surface area (Å²) in [6, 6.07) is 2.57. The number of aryl methyl sites for hydroxylation is 1. The van der Waals surface area contributed by atoms with Crippen molar-refractivity contribution in [2.24, 2.45) is 17.8 Å². The Morgan fingerprint density at radius 3 is 1.83 bits per heavy atom. The van der Waals surface area contributed by atoms with Crippen molar-refractivity contribution < 1.29 is 40.2 Å². The smallest absolute Gasteiger partial charge is 0.352 e. The van der Waals surface area contributed by atoms with Crippen molar-refractivity contribution in [1.29, 1.82) is 0 Å². The molecule has 1 saturated carbocycles. The third-order valence-electron chi connectivity index (χ3n) is 7.51. The molecule has 1 heterocycles. The summed E-state index contributed by atoms with van der Waals surface area (Å²) in [5.74, 6) is -4.40. The molecule has 2 aromatic rings. The monoisotopic (exact) mass is 518 g/mol. The highest BCUT2D eigenvalue weighted by atomic mass is 19.4. The predicted molar refractivity (Wildman–Crippen MR) is 120 cm³/mol. The van der Waals surface area contributed by atoms with E-state index in [0.717, 1.165) is 18.1 Å². The van der Waals surface area contributed by atoms with Gasteiger partial charge in [0, 0.05) is 12.3 Å². The molecule has 2 fully saturated rings. The van der Waals surface area contributed by atoms with Crippen LogP contribution in [0.2, 0.25) is 0 Å². The largest absolute Gasteiger partial charge is 0.422 e. The Hall–Kier alpha value is -2.13. The van der Waals surface area contributed by atoms with Crippen LogP contribution in [0.15, 0.2) is 24.3 Å². The lowest BCUT2D eigenvalue weighted by Gasteiger charge is -2.37. The van der Waals surface area contributed by atoms with Crippen molar-refractivity contribution in [2.45, 2.75) is 64.3 Å². The summed E-state index contributed by atoms with van der Waals surface area (Å²) in [7, 11) is 0. The first-order chi connectivity index (χ1) is 17.1. The van der Waals surface area contributed by atoms with Gasteiger partial charge >= 0.3 is 6.18 Å². The first kappa shape index (κ1) is 26.9. The normalized spacial score (nSPS) is 25.2. The molecule has 2 nitrogen and oxygen atoms in total. The van der Waals surface area contributed by atoms with Gasteiger partial charge in [0.05, 0.1) is 18.8 Å². The van der Waals surface area contributed by atoms with Crippen molar-refractivity contribution in [1.82, 2.24) is 0 Å². The fraction of sp³-hybridized carbons (Fsp3) is 0.556. The fourth-order valence-corrected chi connectivity index (χ4v) is 5.38. The molecule has 0 unspecified atom stereocenters. The van der Waals surface area contributed by atoms with Gasteiger partial charge in [-0.1, -0.05) is 26.2 Å². The highest BCUT2D eigenvalue weighted by molar-refractivity contribution is 5.66. The first-order valence-corrected chi connectivity index (χ1v) is 12.3. The molecule has 9 heteroatoms. The van der Waals surface area contributed by atoms with Crippen LogP contribution in [0.5, 0.6) is 0 Å². The Morgan fingerprint density at radius 1 is 0.778 bits per heavy atom. The van der Waals surface area contributed by atoms with E-state index in [9.17, 15) is 30.7 Å². The van der Waals surface area contributed by atoms with E-state index >= 15 is 0 Å². The molecular formula is C27H29F7O2. The maximum atomic E-state index is 14.7. The molecule has 36 heavy (non-hydrogen) atoms. The SMILES string of the molecule is CCC1CCC(C2COC(CCc3cc(F)c(-c4cc(F)c(C(F)(F)F)c(F)c4)c(F)c3)OC2)CC1. The van der Waals surface area contributed by atoms with Crippen LogP contribution in [-0.4, -0.2) is 19.5 Å². The van der Waals surface area contributed by atoms with Gasteiger partial charge in [-0.15, -0.1) is 0 Å². The summed E-state index contributed by atoms with van der Waals surface area (Å²) in [5.41, 5.74) is -3.28. The Bertz CT molecular complexity index is 1010. The number of ether oxygens (including phenoxy) is 2. The number of alkyl halides is 3. The zero-order chi connectivity index (χ0) is 26.0. The number of halogens is 7. The van der Waals surface area contributed by atoms with E-state index in [1.165, 1.54) is 32.1 Å². The third kappa shape index (κ3) is 6.05. The molecule has 2 aromatic carbocycles. The van der Waals surface area contributed by atoms with Crippen LogP contribution in [0, 0.1) is 41.0 Å². The molecule has 4 rings (SSSR count). The number of hydrogen-bond acceptors (Lipinski definition) is 2. The van der Waals surface area contributed by atoms with E-state index in [1.54, 1.807) is 0 Å². The van der Waals surface area contributed by atoms with Gasteiger partial charge in [0.25, 0.3) is 0 Å². The summed E-state index contributed by atoms with van der Waals surface area (Å²) in [5, 5.41) is 0. The van der Waals surface area contributed by atoms with Gasteiger partial charge in [0.2, 0.25) is 0 Å². The van der Waals surface area contributed by atoms with E-state index in [1.807, 2.05) is 0 Å². The van der Waals surface area contributed by atoms with E-state index in [-0.39, 0.29) is 24.1 Å². The molecule has 198 valence electrons. The molecule has 0 radical (unpaired) electrons. The van der Waals surface area contributed by atoms with Crippen LogP contribution in [-0.2, 0) is 22.1 Å². The standard InChI is InChI=1S/C27H29F7O2/c1-2-15-3-6-17(7-4-15)19-13-35-24(36-14-19)8-5-16-9-20(28)25(21(29)10-16)18-11-22(30)26(23(31)12-18)27(32,33)34/h9-12,15,17,19,24H,2-8,13-14H2,1H3. The molecule has 2 aliphatic rings. The van der Waals surface area contributed by atoms with Crippen LogP contribution in [0.25, 0.3) is 11.1 Å². The Kier molecular flexibility index (Phi) is 8.29. The lowest BCUT2D eigenvalue weighted by atomic mass is 9.75. The Morgan fingerprint density at radius 2 is 1.33 bits per heavy atom. The molecule has 0 bridgehead atoms. The second kappa shape index (κ2) is 11.1. The predicted octanol–water partition coefficient (Wildman–Crippen LogP) is 8.07. The lowest BCUT2D eigenvalue weighted by molar-refractivity contribution is -0.212. The van der Waals surface area contributed by atoms with Gasteiger partial charge < -0.3 is 9.47 Å². The van der Waals surface area contributed by atoms with Crippen LogP contribution < -0.4 is 0 Å². The molecule has 0 amide bonds. The summed E-state index contributed by atoms with van der Waals surface area (Å²) in [4.78, 5) is 0. The van der Waals surface area contributed by atoms with Crippen LogP contribution >= 0.6 is 0 Å². The molecule has 1 saturated heterocycles. The maximum absolute atomic E-state index is 14.7. The number of rotatable bonds is 6. The molecule has 1 aliphatic heterocycles. The zero-order valence-corrected chi connectivity index (χ0v) is 19.9. The summed E-state index contributed by atoms with van der Waals surface area (Å²) >= 11 is 0. The van der Waals surface area contributed by atoms with Crippen LogP contribution in [0.4, 0.5) is 30.7 Å². The average molecular weight is 519 g/mol. The lowest BCUT2D eigenvalue weighted by Crippen LogP contribution is -2.37. The topological polar surface area (TPSA) is 18.5 Å². The average Bonchev–Trinajstić information content (AvgIpc) is 2.81. The van der Waals surface area contributed by atoms with Crippen molar-refractivity contribution in [3.8, 4) is 11.1 Å². The Balaban J connectivity index is 1.36. The fourth-order valence-electron chi connectivity index (χ4n) is 5.38. The van der Waals surface area contributed by atoms with Crippen molar-refractivity contribution >= 4 is 0 Å². The quantitative estimate of drug-likeness (QED) is 0.360. The minimum absolute atomic E-state index is 0.223. The number of benzene rings is 2.